The average Bonchev–Trinajstić information content (AvgIpc) is 2.19. The highest BCUT2D eigenvalue weighted by atomic mass is 79.9. The number of aliphatic hydroxyl groups excluding tert-OH is 1. The number of aromatic nitrogens is 1. The van der Waals surface area contributed by atoms with E-state index in [9.17, 15) is 9.90 Å². The normalized spacial score (nSPS) is 14.1. The molecule has 6 heteroatoms. The largest absolute Gasteiger partial charge is 0.478 e. The van der Waals surface area contributed by atoms with Gasteiger partial charge < -0.3 is 15.5 Å². The second-order valence-corrected chi connectivity index (χ2v) is 4.90. The van der Waals surface area contributed by atoms with Crippen molar-refractivity contribution in [3.05, 3.63) is 22.3 Å². The number of aromatic carboxylic acids is 1. The van der Waals surface area contributed by atoms with Crippen LogP contribution < -0.4 is 5.32 Å². The number of anilines is 1. The Morgan fingerprint density at radius 2 is 2.24 bits per heavy atom. The van der Waals surface area contributed by atoms with Gasteiger partial charge in [0.25, 0.3) is 0 Å². The maximum absolute atomic E-state index is 11.0. The van der Waals surface area contributed by atoms with Gasteiger partial charge in [-0.1, -0.05) is 0 Å². The van der Waals surface area contributed by atoms with Gasteiger partial charge in [-0.2, -0.15) is 0 Å². The Labute approximate surface area is 108 Å². The molecule has 1 rings (SSSR count). The lowest BCUT2D eigenvalue weighted by Gasteiger charge is -2.17. The topological polar surface area (TPSA) is 82.5 Å². The van der Waals surface area contributed by atoms with Crippen LogP contribution in [0.4, 0.5) is 5.82 Å². The minimum atomic E-state index is -1.04. The molecule has 0 saturated carbocycles. The van der Waals surface area contributed by atoms with E-state index in [4.69, 9.17) is 5.11 Å². The number of halogens is 1. The van der Waals surface area contributed by atoms with Crippen LogP contribution in [0.2, 0.25) is 0 Å². The van der Waals surface area contributed by atoms with Crippen molar-refractivity contribution in [2.24, 2.45) is 0 Å². The number of carboxylic acid groups (broad SMARTS) is 1. The summed E-state index contributed by atoms with van der Waals surface area (Å²) in [4.78, 5) is 15.1. The van der Waals surface area contributed by atoms with Gasteiger partial charge >= 0.3 is 5.97 Å². The lowest BCUT2D eigenvalue weighted by Crippen LogP contribution is -2.22. The zero-order valence-corrected chi connectivity index (χ0v) is 11.2. The second kappa shape index (κ2) is 5.97. The molecule has 0 aromatic carbocycles. The fourth-order valence-electron chi connectivity index (χ4n) is 1.52. The molecule has 1 aromatic heterocycles. The first-order chi connectivity index (χ1) is 7.90. The molecule has 0 bridgehead atoms. The number of pyridine rings is 1. The third-order valence-electron chi connectivity index (χ3n) is 2.16. The van der Waals surface area contributed by atoms with Gasteiger partial charge in [-0.15, -0.1) is 0 Å². The van der Waals surface area contributed by atoms with Crippen molar-refractivity contribution in [2.45, 2.75) is 32.4 Å². The highest BCUT2D eigenvalue weighted by Gasteiger charge is 2.14. The second-order valence-electron chi connectivity index (χ2n) is 3.98. The summed E-state index contributed by atoms with van der Waals surface area (Å²) in [6.45, 7) is 3.55. The van der Waals surface area contributed by atoms with Crippen LogP contribution >= 0.6 is 15.9 Å². The highest BCUT2D eigenvalue weighted by molar-refractivity contribution is 9.10. The number of nitrogens with zero attached hydrogens (tertiary/aromatic N) is 1. The predicted molar refractivity (Wildman–Crippen MR) is 68.3 cm³/mol. The van der Waals surface area contributed by atoms with E-state index in [0.29, 0.717) is 16.7 Å². The maximum atomic E-state index is 11.0. The summed E-state index contributed by atoms with van der Waals surface area (Å²) < 4.78 is 0.614. The number of rotatable bonds is 5. The number of carbonyl (C=O) groups is 1. The van der Waals surface area contributed by atoms with E-state index in [0.717, 1.165) is 0 Å². The number of hydrogen-bond donors (Lipinski definition) is 3. The van der Waals surface area contributed by atoms with E-state index < -0.39 is 12.1 Å². The summed E-state index contributed by atoms with van der Waals surface area (Å²) >= 11 is 3.18. The first kappa shape index (κ1) is 13.9. The van der Waals surface area contributed by atoms with Crippen molar-refractivity contribution in [3.8, 4) is 0 Å². The Hall–Kier alpha value is -1.14. The molecule has 0 fully saturated rings. The van der Waals surface area contributed by atoms with Crippen LogP contribution in [-0.2, 0) is 0 Å². The van der Waals surface area contributed by atoms with E-state index in [1.165, 1.54) is 12.3 Å². The number of nitrogens with one attached hydrogen (secondary N) is 1. The molecule has 0 amide bonds. The predicted octanol–water partition coefficient (Wildman–Crippen LogP) is 2.11. The molecule has 3 N–H and O–H groups in total. The first-order valence-corrected chi connectivity index (χ1v) is 6.03. The highest BCUT2D eigenvalue weighted by Crippen LogP contribution is 2.19. The number of aliphatic hydroxyl groups is 1. The minimum Gasteiger partial charge on any atom is -0.478 e. The van der Waals surface area contributed by atoms with Crippen molar-refractivity contribution in [3.63, 3.8) is 0 Å². The lowest BCUT2D eigenvalue weighted by atomic mass is 10.1. The fourth-order valence-corrected chi connectivity index (χ4v) is 1.85. The van der Waals surface area contributed by atoms with Crippen LogP contribution in [0.5, 0.6) is 0 Å². The van der Waals surface area contributed by atoms with Gasteiger partial charge in [-0.3, -0.25) is 0 Å². The van der Waals surface area contributed by atoms with Gasteiger partial charge in [0.15, 0.2) is 0 Å². The zero-order chi connectivity index (χ0) is 13.0. The van der Waals surface area contributed by atoms with Gasteiger partial charge in [-0.05, 0) is 42.3 Å². The van der Waals surface area contributed by atoms with Crippen LogP contribution in [-0.4, -0.2) is 33.3 Å². The van der Waals surface area contributed by atoms with Crippen molar-refractivity contribution in [2.75, 3.05) is 5.32 Å². The molecule has 2 unspecified atom stereocenters. The Kier molecular flexibility index (Phi) is 4.89. The molecule has 17 heavy (non-hydrogen) atoms. The van der Waals surface area contributed by atoms with Gasteiger partial charge in [0.2, 0.25) is 0 Å². The SMILES string of the molecule is CC(O)CC(C)Nc1ncc(Br)cc1C(=O)O. The van der Waals surface area contributed by atoms with E-state index in [1.807, 2.05) is 6.92 Å². The lowest BCUT2D eigenvalue weighted by molar-refractivity contribution is 0.0697. The summed E-state index contributed by atoms with van der Waals surface area (Å²) in [5.41, 5.74) is 0.108. The third-order valence-corrected chi connectivity index (χ3v) is 2.60. The maximum Gasteiger partial charge on any atom is 0.339 e. The summed E-state index contributed by atoms with van der Waals surface area (Å²) in [6, 6.07) is 1.44. The molecular weight excluding hydrogens is 288 g/mol. The van der Waals surface area contributed by atoms with Gasteiger partial charge in [0.05, 0.1) is 6.10 Å². The Balaban J connectivity index is 2.86. The molecule has 94 valence electrons. The number of carboxylic acids is 1. The van der Waals surface area contributed by atoms with Gasteiger partial charge in [0.1, 0.15) is 11.4 Å². The molecule has 2 atom stereocenters. The average molecular weight is 303 g/mol. The van der Waals surface area contributed by atoms with Crippen LogP contribution in [0.3, 0.4) is 0 Å². The molecule has 0 spiro atoms. The summed E-state index contributed by atoms with van der Waals surface area (Å²) in [5.74, 6) is -0.723. The van der Waals surface area contributed by atoms with Crippen LogP contribution in [0.1, 0.15) is 30.6 Å². The zero-order valence-electron chi connectivity index (χ0n) is 9.64. The molecule has 5 nitrogen and oxygen atoms in total. The van der Waals surface area contributed by atoms with Crippen molar-refractivity contribution >= 4 is 27.7 Å². The van der Waals surface area contributed by atoms with E-state index >= 15 is 0 Å². The Morgan fingerprint density at radius 1 is 1.59 bits per heavy atom. The summed E-state index contributed by atoms with van der Waals surface area (Å²) in [5, 5.41) is 21.3. The van der Waals surface area contributed by atoms with Crippen molar-refractivity contribution in [1.82, 2.24) is 4.98 Å². The summed E-state index contributed by atoms with van der Waals surface area (Å²) in [6.07, 6.45) is 1.61. The molecule has 1 aromatic rings. The Morgan fingerprint density at radius 3 is 2.76 bits per heavy atom. The van der Waals surface area contributed by atoms with Crippen LogP contribution in [0.15, 0.2) is 16.7 Å². The van der Waals surface area contributed by atoms with Gasteiger partial charge in [-0.25, -0.2) is 9.78 Å². The van der Waals surface area contributed by atoms with Crippen molar-refractivity contribution in [1.29, 1.82) is 0 Å². The van der Waals surface area contributed by atoms with Crippen molar-refractivity contribution < 1.29 is 15.0 Å². The monoisotopic (exact) mass is 302 g/mol. The smallest absolute Gasteiger partial charge is 0.339 e. The van der Waals surface area contributed by atoms with Crippen LogP contribution in [0, 0.1) is 0 Å². The molecular formula is C11H15BrN2O3. The molecule has 0 saturated heterocycles. The fraction of sp³-hybridized carbons (Fsp3) is 0.455. The van der Waals surface area contributed by atoms with E-state index in [1.54, 1.807) is 6.92 Å². The molecule has 0 aliphatic carbocycles. The van der Waals surface area contributed by atoms with E-state index in [2.05, 4.69) is 26.2 Å². The van der Waals surface area contributed by atoms with Gasteiger partial charge in [0, 0.05) is 16.7 Å². The van der Waals surface area contributed by atoms with E-state index in [-0.39, 0.29) is 11.6 Å². The minimum absolute atomic E-state index is 0.0539. The third kappa shape index (κ3) is 4.32. The quantitative estimate of drug-likeness (QED) is 0.776. The number of hydrogen-bond acceptors (Lipinski definition) is 4. The summed E-state index contributed by atoms with van der Waals surface area (Å²) in [7, 11) is 0. The molecule has 0 aliphatic heterocycles. The molecule has 0 radical (unpaired) electrons. The first-order valence-electron chi connectivity index (χ1n) is 5.23. The standard InChI is InChI=1S/C11H15BrN2O3/c1-6(3-7(2)15)14-10-9(11(16)17)4-8(12)5-13-10/h4-7,15H,3H2,1-2H3,(H,13,14)(H,16,17). The molecule has 1 heterocycles. The van der Waals surface area contributed by atoms with Crippen LogP contribution in [0.25, 0.3) is 0 Å². The Bertz CT molecular complexity index is 410. The molecule has 0 aliphatic rings.